The summed E-state index contributed by atoms with van der Waals surface area (Å²) in [6, 6.07) is 8.39. The van der Waals surface area contributed by atoms with Crippen molar-refractivity contribution >= 4 is 14.1 Å². The van der Waals surface area contributed by atoms with Gasteiger partial charge in [0.2, 0.25) is 0 Å². The molecule has 0 aromatic heterocycles. The van der Waals surface area contributed by atoms with Crippen LogP contribution in [0.2, 0.25) is 19.6 Å². The van der Waals surface area contributed by atoms with Gasteiger partial charge >= 0.3 is 0 Å². The van der Waals surface area contributed by atoms with E-state index in [1.54, 1.807) is 0 Å². The largest absolute Gasteiger partial charge is 0.401 e. The Morgan fingerprint density at radius 2 is 1.84 bits per heavy atom. The average Bonchev–Trinajstić information content (AvgIpc) is 2.65. The number of carbonyl (C=O) groups is 1. The maximum absolute atomic E-state index is 12.7. The molecule has 19 heavy (non-hydrogen) atoms. The summed E-state index contributed by atoms with van der Waals surface area (Å²) < 4.78 is 6.52. The number of rotatable bonds is 2. The van der Waals surface area contributed by atoms with E-state index in [0.29, 0.717) is 18.1 Å². The molecule has 2 aliphatic carbocycles. The van der Waals surface area contributed by atoms with Crippen LogP contribution in [0.15, 0.2) is 24.3 Å². The van der Waals surface area contributed by atoms with Gasteiger partial charge in [0.15, 0.2) is 14.1 Å². The Labute approximate surface area is 116 Å². The molecule has 0 spiro atoms. The number of aryl methyl sites for hydroxylation is 1. The number of Topliss-reactive ketones (excluding diaryl/α,β-unsaturated/α-hetero) is 1. The molecule has 0 N–H and O–H groups in total. The van der Waals surface area contributed by atoms with Crippen LogP contribution in [0.3, 0.4) is 0 Å². The maximum Gasteiger partial charge on any atom is 0.185 e. The fourth-order valence-electron chi connectivity index (χ4n) is 3.75. The first-order valence-electron chi connectivity index (χ1n) is 7.25. The molecule has 1 aromatic rings. The fraction of sp³-hybridized carbons (Fsp3) is 0.562. The molecule has 1 aromatic carbocycles. The van der Waals surface area contributed by atoms with Crippen LogP contribution in [-0.4, -0.2) is 14.1 Å². The molecule has 2 nitrogen and oxygen atoms in total. The van der Waals surface area contributed by atoms with E-state index in [-0.39, 0.29) is 0 Å². The second kappa shape index (κ2) is 4.28. The second-order valence-electron chi connectivity index (χ2n) is 6.80. The van der Waals surface area contributed by atoms with Gasteiger partial charge in [-0.3, -0.25) is 4.79 Å². The van der Waals surface area contributed by atoms with Gasteiger partial charge in [-0.25, -0.2) is 0 Å². The van der Waals surface area contributed by atoms with E-state index in [9.17, 15) is 4.79 Å². The van der Waals surface area contributed by atoms with Gasteiger partial charge in [0.05, 0.1) is 0 Å². The highest BCUT2D eigenvalue weighted by molar-refractivity contribution is 6.70. The van der Waals surface area contributed by atoms with Crippen LogP contribution in [0.25, 0.3) is 0 Å². The van der Waals surface area contributed by atoms with E-state index in [0.717, 1.165) is 24.8 Å². The van der Waals surface area contributed by atoms with Crippen molar-refractivity contribution in [2.24, 2.45) is 5.92 Å². The number of fused-ring (bicyclic) bond motifs is 3. The van der Waals surface area contributed by atoms with Crippen molar-refractivity contribution in [1.82, 2.24) is 0 Å². The lowest BCUT2D eigenvalue weighted by molar-refractivity contribution is -0.136. The predicted molar refractivity (Wildman–Crippen MR) is 78.6 cm³/mol. The third-order valence-electron chi connectivity index (χ3n) is 4.36. The first kappa shape index (κ1) is 13.1. The van der Waals surface area contributed by atoms with Gasteiger partial charge in [-0.1, -0.05) is 24.3 Å². The summed E-state index contributed by atoms with van der Waals surface area (Å²) in [6.07, 6.45) is 3.86. The van der Waals surface area contributed by atoms with Crippen molar-refractivity contribution < 1.29 is 9.22 Å². The Kier molecular flexibility index (Phi) is 2.95. The molecule has 3 rings (SSSR count). The van der Waals surface area contributed by atoms with Gasteiger partial charge in [-0.05, 0) is 55.9 Å². The van der Waals surface area contributed by atoms with Crippen LogP contribution in [0.5, 0.6) is 0 Å². The normalized spacial score (nSPS) is 30.1. The Bertz CT molecular complexity index is 518. The molecule has 0 bridgehead atoms. The van der Waals surface area contributed by atoms with Crippen LogP contribution in [0.1, 0.15) is 30.4 Å². The number of ketones is 1. The monoisotopic (exact) mass is 274 g/mol. The molecule has 1 fully saturated rings. The third kappa shape index (κ3) is 2.00. The highest BCUT2D eigenvalue weighted by Crippen LogP contribution is 2.51. The molecule has 0 amide bonds. The van der Waals surface area contributed by atoms with E-state index in [4.69, 9.17) is 4.43 Å². The van der Waals surface area contributed by atoms with Crippen LogP contribution < -0.4 is 0 Å². The van der Waals surface area contributed by atoms with Gasteiger partial charge in [0, 0.05) is 6.42 Å². The quantitative estimate of drug-likeness (QED) is 0.769. The standard InChI is InChI=1S/C16H22O2Si/c1-19(2,3)18-16-13(10-11-15(16)17)9-8-12-6-4-5-7-14(12)16/h4-7,13H,8-11H2,1-3H3. The van der Waals surface area contributed by atoms with E-state index in [1.807, 2.05) is 6.07 Å². The molecule has 2 atom stereocenters. The van der Waals surface area contributed by atoms with Gasteiger partial charge < -0.3 is 4.43 Å². The number of hydrogen-bond acceptors (Lipinski definition) is 2. The molecule has 0 saturated heterocycles. The summed E-state index contributed by atoms with van der Waals surface area (Å²) in [7, 11) is -1.77. The molecule has 0 radical (unpaired) electrons. The van der Waals surface area contributed by atoms with E-state index >= 15 is 0 Å². The molecular weight excluding hydrogens is 252 g/mol. The topological polar surface area (TPSA) is 26.3 Å². The summed E-state index contributed by atoms with van der Waals surface area (Å²) in [5, 5.41) is 0. The van der Waals surface area contributed by atoms with Crippen LogP contribution in [-0.2, 0) is 21.2 Å². The van der Waals surface area contributed by atoms with E-state index < -0.39 is 13.9 Å². The summed E-state index contributed by atoms with van der Waals surface area (Å²) in [5.74, 6) is 0.702. The summed E-state index contributed by atoms with van der Waals surface area (Å²) >= 11 is 0. The van der Waals surface area contributed by atoms with E-state index in [1.165, 1.54) is 5.56 Å². The van der Waals surface area contributed by atoms with Crippen LogP contribution in [0.4, 0.5) is 0 Å². The minimum absolute atomic E-state index is 0.312. The summed E-state index contributed by atoms with van der Waals surface area (Å²) in [6.45, 7) is 6.55. The van der Waals surface area contributed by atoms with Gasteiger partial charge in [0.25, 0.3) is 0 Å². The van der Waals surface area contributed by atoms with Crippen molar-refractivity contribution in [3.8, 4) is 0 Å². The summed E-state index contributed by atoms with van der Waals surface area (Å²) in [5.41, 5.74) is 1.86. The highest BCUT2D eigenvalue weighted by atomic mass is 28.4. The van der Waals surface area contributed by atoms with Crippen molar-refractivity contribution in [3.05, 3.63) is 35.4 Å². The Hall–Kier alpha value is -0.933. The van der Waals surface area contributed by atoms with Crippen molar-refractivity contribution in [2.45, 2.75) is 50.9 Å². The molecule has 0 heterocycles. The van der Waals surface area contributed by atoms with Crippen molar-refractivity contribution in [3.63, 3.8) is 0 Å². The Morgan fingerprint density at radius 3 is 2.58 bits per heavy atom. The zero-order chi connectivity index (χ0) is 13.7. The number of carbonyl (C=O) groups excluding carboxylic acids is 1. The fourth-order valence-corrected chi connectivity index (χ4v) is 5.10. The molecule has 2 unspecified atom stereocenters. The molecule has 1 saturated carbocycles. The lowest BCUT2D eigenvalue weighted by atomic mass is 9.73. The molecule has 102 valence electrons. The Balaban J connectivity index is 2.16. The zero-order valence-corrected chi connectivity index (χ0v) is 13.0. The molecule has 0 aliphatic heterocycles. The smallest absolute Gasteiger partial charge is 0.185 e. The first-order chi connectivity index (χ1) is 8.93. The minimum atomic E-state index is -1.77. The highest BCUT2D eigenvalue weighted by Gasteiger charge is 2.55. The molecule has 3 heteroatoms. The Morgan fingerprint density at radius 1 is 1.16 bits per heavy atom. The van der Waals surface area contributed by atoms with Gasteiger partial charge in [0.1, 0.15) is 5.60 Å². The third-order valence-corrected chi connectivity index (χ3v) is 5.29. The zero-order valence-electron chi connectivity index (χ0n) is 12.0. The van der Waals surface area contributed by atoms with Gasteiger partial charge in [-0.2, -0.15) is 0 Å². The first-order valence-corrected chi connectivity index (χ1v) is 10.7. The van der Waals surface area contributed by atoms with E-state index in [2.05, 4.69) is 37.8 Å². The minimum Gasteiger partial charge on any atom is -0.401 e. The lowest BCUT2D eigenvalue weighted by Crippen LogP contribution is -2.49. The molecular formula is C16H22O2Si. The van der Waals surface area contributed by atoms with Gasteiger partial charge in [-0.15, -0.1) is 0 Å². The average molecular weight is 274 g/mol. The SMILES string of the molecule is C[Si](C)(C)OC12C(=O)CCC1CCc1ccccc12. The lowest BCUT2D eigenvalue weighted by Gasteiger charge is -2.43. The predicted octanol–water partition coefficient (Wildman–Crippen LogP) is 3.66. The van der Waals surface area contributed by atoms with Crippen molar-refractivity contribution in [1.29, 1.82) is 0 Å². The second-order valence-corrected chi connectivity index (χ2v) is 11.2. The number of benzene rings is 1. The maximum atomic E-state index is 12.7. The number of hydrogen-bond donors (Lipinski definition) is 0. The summed E-state index contributed by atoms with van der Waals surface area (Å²) in [4.78, 5) is 12.7. The van der Waals surface area contributed by atoms with Crippen LogP contribution >= 0.6 is 0 Å². The van der Waals surface area contributed by atoms with Crippen molar-refractivity contribution in [2.75, 3.05) is 0 Å². The molecule has 2 aliphatic rings. The van der Waals surface area contributed by atoms with Crippen LogP contribution in [0, 0.1) is 5.92 Å².